The first-order valence-corrected chi connectivity index (χ1v) is 11.4. The number of carbonyl (C=O) groups is 2. The first kappa shape index (κ1) is 22.7. The van der Waals surface area contributed by atoms with Gasteiger partial charge in [0.05, 0.1) is 5.69 Å². The van der Waals surface area contributed by atoms with Crippen molar-refractivity contribution >= 4 is 17.6 Å². The maximum atomic E-state index is 12.8. The molecule has 0 aliphatic carbocycles. The number of ether oxygens (including phenoxy) is 1. The van der Waals surface area contributed by atoms with Crippen molar-refractivity contribution in [3.63, 3.8) is 0 Å². The van der Waals surface area contributed by atoms with E-state index in [4.69, 9.17) is 4.74 Å². The molecule has 0 bridgehead atoms. The van der Waals surface area contributed by atoms with Gasteiger partial charge in [0.2, 0.25) is 0 Å². The second-order valence-electron chi connectivity index (χ2n) is 7.91. The minimum absolute atomic E-state index is 0.129. The highest BCUT2D eigenvalue weighted by molar-refractivity contribution is 5.97. The maximum Gasteiger partial charge on any atom is 0.378 e. The van der Waals surface area contributed by atoms with Crippen molar-refractivity contribution in [2.45, 2.75) is 0 Å². The van der Waals surface area contributed by atoms with Crippen molar-refractivity contribution in [1.82, 2.24) is 14.8 Å². The molecular weight excluding hydrogens is 452 g/mol. The number of aromatic nitrogens is 3. The van der Waals surface area contributed by atoms with E-state index in [1.54, 1.807) is 10.7 Å². The van der Waals surface area contributed by atoms with Gasteiger partial charge in [-0.25, -0.2) is 14.5 Å². The van der Waals surface area contributed by atoms with E-state index in [9.17, 15) is 9.59 Å². The van der Waals surface area contributed by atoms with Crippen LogP contribution in [0.15, 0.2) is 115 Å². The highest BCUT2D eigenvalue weighted by Crippen LogP contribution is 2.27. The molecule has 0 unspecified atom stereocenters. The summed E-state index contributed by atoms with van der Waals surface area (Å²) in [5.41, 5.74) is 4.01. The molecule has 0 aliphatic heterocycles. The molecule has 36 heavy (non-hydrogen) atoms. The van der Waals surface area contributed by atoms with Gasteiger partial charge in [0.25, 0.3) is 11.7 Å². The normalized spacial score (nSPS) is 10.6. The maximum absolute atomic E-state index is 12.8. The fourth-order valence-corrected chi connectivity index (χ4v) is 3.77. The van der Waals surface area contributed by atoms with Crippen LogP contribution in [0.4, 0.5) is 5.69 Å². The number of rotatable bonds is 7. The van der Waals surface area contributed by atoms with Crippen LogP contribution in [-0.2, 0) is 9.53 Å². The Bertz CT molecular complexity index is 1430. The number of hydrogen-bond donors (Lipinski definition) is 1. The third-order valence-electron chi connectivity index (χ3n) is 5.44. The molecule has 1 heterocycles. The molecule has 7 nitrogen and oxygen atoms in total. The minimum atomic E-state index is -0.784. The summed E-state index contributed by atoms with van der Waals surface area (Å²) >= 11 is 0. The molecule has 5 rings (SSSR count). The molecule has 1 amide bonds. The lowest BCUT2D eigenvalue weighted by molar-refractivity contribution is -0.119. The second-order valence-corrected chi connectivity index (χ2v) is 7.91. The SMILES string of the molecule is O=C(COC(=O)c1nc(-c2ccccc2)n(-c2ccccc2)n1)Nc1ccccc1-c1ccccc1. The molecule has 5 aromatic rings. The van der Waals surface area contributed by atoms with Crippen molar-refractivity contribution in [2.75, 3.05) is 11.9 Å². The van der Waals surface area contributed by atoms with E-state index < -0.39 is 18.5 Å². The van der Waals surface area contributed by atoms with Crippen LogP contribution in [0, 0.1) is 0 Å². The summed E-state index contributed by atoms with van der Waals surface area (Å²) in [6, 6.07) is 36.0. The van der Waals surface area contributed by atoms with Gasteiger partial charge in [-0.1, -0.05) is 97.1 Å². The summed E-state index contributed by atoms with van der Waals surface area (Å²) in [6.07, 6.45) is 0. The summed E-state index contributed by atoms with van der Waals surface area (Å²) in [5, 5.41) is 7.19. The zero-order chi connectivity index (χ0) is 24.7. The smallest absolute Gasteiger partial charge is 0.378 e. The molecule has 1 aromatic heterocycles. The Morgan fingerprint density at radius 1 is 0.722 bits per heavy atom. The van der Waals surface area contributed by atoms with Crippen molar-refractivity contribution in [3.8, 4) is 28.2 Å². The van der Waals surface area contributed by atoms with Crippen molar-refractivity contribution in [3.05, 3.63) is 121 Å². The molecule has 0 fully saturated rings. The van der Waals surface area contributed by atoms with Gasteiger partial charge >= 0.3 is 5.97 Å². The van der Waals surface area contributed by atoms with Crippen LogP contribution in [-0.4, -0.2) is 33.2 Å². The highest BCUT2D eigenvalue weighted by Gasteiger charge is 2.21. The fourth-order valence-electron chi connectivity index (χ4n) is 3.77. The Kier molecular flexibility index (Phi) is 6.62. The Balaban J connectivity index is 1.32. The highest BCUT2D eigenvalue weighted by atomic mass is 16.5. The Hall–Kier alpha value is -5.04. The number of amides is 1. The van der Waals surface area contributed by atoms with Crippen LogP contribution in [0.3, 0.4) is 0 Å². The molecule has 0 saturated carbocycles. The molecule has 0 aliphatic rings. The zero-order valence-corrected chi connectivity index (χ0v) is 19.2. The van der Waals surface area contributed by atoms with Gasteiger partial charge in [0.1, 0.15) is 0 Å². The van der Waals surface area contributed by atoms with Crippen LogP contribution in [0.1, 0.15) is 10.6 Å². The number of benzene rings is 4. The predicted octanol–water partition coefficient (Wildman–Crippen LogP) is 5.40. The second kappa shape index (κ2) is 10.5. The van der Waals surface area contributed by atoms with Gasteiger partial charge in [-0.3, -0.25) is 4.79 Å². The van der Waals surface area contributed by atoms with Crippen molar-refractivity contribution in [1.29, 1.82) is 0 Å². The molecule has 1 N–H and O–H groups in total. The topological polar surface area (TPSA) is 86.1 Å². The standard InChI is InChI=1S/C29H22N4O3/c34-26(30-25-19-11-10-18-24(25)21-12-4-1-5-13-21)20-36-29(35)27-31-28(22-14-6-2-7-15-22)33(32-27)23-16-8-3-9-17-23/h1-19H,20H2,(H,30,34). The Morgan fingerprint density at radius 3 is 2.00 bits per heavy atom. The summed E-state index contributed by atoms with van der Waals surface area (Å²) < 4.78 is 6.84. The lowest BCUT2D eigenvalue weighted by Gasteiger charge is -2.11. The van der Waals surface area contributed by atoms with E-state index >= 15 is 0 Å². The quantitative estimate of drug-likeness (QED) is 0.319. The van der Waals surface area contributed by atoms with E-state index in [0.717, 1.165) is 22.4 Å². The van der Waals surface area contributed by atoms with E-state index in [1.165, 1.54) is 0 Å². The van der Waals surface area contributed by atoms with Gasteiger partial charge in [-0.2, -0.15) is 0 Å². The number of anilines is 1. The number of carbonyl (C=O) groups excluding carboxylic acids is 2. The first-order valence-electron chi connectivity index (χ1n) is 11.4. The largest absolute Gasteiger partial charge is 0.450 e. The number of esters is 1. The monoisotopic (exact) mass is 474 g/mol. The van der Waals surface area contributed by atoms with Crippen molar-refractivity contribution in [2.24, 2.45) is 0 Å². The van der Waals surface area contributed by atoms with Crippen LogP contribution >= 0.6 is 0 Å². The first-order chi connectivity index (χ1) is 17.7. The lowest BCUT2D eigenvalue weighted by atomic mass is 10.0. The van der Waals surface area contributed by atoms with Crippen molar-refractivity contribution < 1.29 is 14.3 Å². The van der Waals surface area contributed by atoms with E-state index in [0.29, 0.717) is 11.5 Å². The molecule has 176 valence electrons. The molecule has 4 aromatic carbocycles. The lowest BCUT2D eigenvalue weighted by Crippen LogP contribution is -2.21. The molecule has 0 radical (unpaired) electrons. The van der Waals surface area contributed by atoms with Gasteiger partial charge in [0.15, 0.2) is 12.4 Å². The molecule has 7 heteroatoms. The number of nitrogens with one attached hydrogen (secondary N) is 1. The van der Waals surface area contributed by atoms with Crippen LogP contribution < -0.4 is 5.32 Å². The molecule has 0 spiro atoms. The van der Waals surface area contributed by atoms with Crippen LogP contribution in [0.25, 0.3) is 28.2 Å². The Labute approximate surface area is 208 Å². The molecule has 0 saturated heterocycles. The van der Waals surface area contributed by atoms with Gasteiger partial charge < -0.3 is 10.1 Å². The Morgan fingerprint density at radius 2 is 1.31 bits per heavy atom. The average Bonchev–Trinajstić information content (AvgIpc) is 3.39. The fraction of sp³-hybridized carbons (Fsp3) is 0.0345. The third-order valence-corrected chi connectivity index (χ3v) is 5.44. The van der Waals surface area contributed by atoms with Crippen LogP contribution in [0.5, 0.6) is 0 Å². The summed E-state index contributed by atoms with van der Waals surface area (Å²) in [5.74, 6) is -0.879. The molecular formula is C29H22N4O3. The van der Waals surface area contributed by atoms with E-state index in [1.807, 2.05) is 109 Å². The van der Waals surface area contributed by atoms with E-state index in [-0.39, 0.29) is 5.82 Å². The van der Waals surface area contributed by atoms with Gasteiger partial charge in [0, 0.05) is 16.8 Å². The number of para-hydroxylation sites is 2. The summed E-state index contributed by atoms with van der Waals surface area (Å²) in [4.78, 5) is 29.8. The van der Waals surface area contributed by atoms with Gasteiger partial charge in [-0.05, 0) is 23.8 Å². The number of hydrogen-bond acceptors (Lipinski definition) is 5. The summed E-state index contributed by atoms with van der Waals surface area (Å²) in [7, 11) is 0. The minimum Gasteiger partial charge on any atom is -0.450 e. The number of nitrogens with zero attached hydrogens (tertiary/aromatic N) is 3. The van der Waals surface area contributed by atoms with Gasteiger partial charge in [-0.15, -0.1) is 5.10 Å². The van der Waals surface area contributed by atoms with E-state index in [2.05, 4.69) is 15.4 Å². The van der Waals surface area contributed by atoms with Crippen LogP contribution in [0.2, 0.25) is 0 Å². The molecule has 0 atom stereocenters. The third kappa shape index (κ3) is 5.05. The average molecular weight is 475 g/mol. The summed E-state index contributed by atoms with van der Waals surface area (Å²) in [6.45, 7) is -0.470. The zero-order valence-electron chi connectivity index (χ0n) is 19.2. The predicted molar refractivity (Wildman–Crippen MR) is 138 cm³/mol.